The van der Waals surface area contributed by atoms with E-state index >= 15 is 0 Å². The van der Waals surface area contributed by atoms with E-state index in [2.05, 4.69) is 15.2 Å². The largest absolute Gasteiger partial charge is 0.478 e. The van der Waals surface area contributed by atoms with Crippen molar-refractivity contribution in [1.82, 2.24) is 19.2 Å². The summed E-state index contributed by atoms with van der Waals surface area (Å²) >= 11 is 1.28. The summed E-state index contributed by atoms with van der Waals surface area (Å²) in [5.74, 6) is -1.16. The molecule has 1 saturated heterocycles. The molecule has 1 amide bonds. The Bertz CT molecular complexity index is 1760. The lowest BCUT2D eigenvalue weighted by molar-refractivity contribution is -0.118. The van der Waals surface area contributed by atoms with Gasteiger partial charge in [0.15, 0.2) is 5.13 Å². The number of pyridine rings is 1. The maximum atomic E-state index is 13.8. The van der Waals surface area contributed by atoms with Crippen LogP contribution in [0.2, 0.25) is 0 Å². The van der Waals surface area contributed by atoms with Crippen LogP contribution in [0.15, 0.2) is 65.6 Å². The number of carboxylic acids is 1. The Morgan fingerprint density at radius 1 is 0.955 bits per heavy atom. The zero-order chi connectivity index (χ0) is 30.8. The van der Waals surface area contributed by atoms with Gasteiger partial charge in [0, 0.05) is 31.7 Å². The van der Waals surface area contributed by atoms with Gasteiger partial charge in [-0.3, -0.25) is 4.79 Å². The highest BCUT2D eigenvalue weighted by Crippen LogP contribution is 2.36. The minimum absolute atomic E-state index is 0.171. The van der Waals surface area contributed by atoms with Gasteiger partial charge in [-0.15, -0.1) is 0 Å². The molecule has 4 aromatic rings. The van der Waals surface area contributed by atoms with Crippen LogP contribution in [0.1, 0.15) is 53.9 Å². The predicted octanol–water partition coefficient (Wildman–Crippen LogP) is 5.30. The number of sulfonamides is 1. The average molecular weight is 634 g/mol. The van der Waals surface area contributed by atoms with E-state index in [1.807, 2.05) is 19.2 Å². The van der Waals surface area contributed by atoms with Gasteiger partial charge in [-0.25, -0.2) is 23.2 Å². The lowest BCUT2D eigenvalue weighted by atomic mass is 9.87. The van der Waals surface area contributed by atoms with Crippen LogP contribution in [-0.4, -0.2) is 77.8 Å². The Labute approximate surface area is 260 Å². The molecule has 3 heterocycles. The molecule has 1 aliphatic heterocycles. The van der Waals surface area contributed by atoms with E-state index in [1.54, 1.807) is 48.5 Å². The van der Waals surface area contributed by atoms with Crippen LogP contribution >= 0.6 is 11.3 Å². The molecule has 230 valence electrons. The first-order valence-corrected chi connectivity index (χ1v) is 17.1. The van der Waals surface area contributed by atoms with Crippen molar-refractivity contribution in [2.75, 3.05) is 38.5 Å². The number of likely N-dealkylation sites (N-methyl/N-ethyl adjacent to an activating group) is 1. The second kappa shape index (κ2) is 12.7. The maximum Gasteiger partial charge on any atom is 0.335 e. The van der Waals surface area contributed by atoms with E-state index < -0.39 is 21.9 Å². The molecule has 12 heteroatoms. The molecule has 1 saturated carbocycles. The SMILES string of the molecule is CN1CCN(S(=O)(=O)c2ccc([C@@H](CC3CCCC3)C(=O)Nc3nc4ccc(-c5ccc(C(=O)O)cc5)nc4s3)cc2)CC1. The predicted molar refractivity (Wildman–Crippen MR) is 170 cm³/mol. The molecule has 0 radical (unpaired) electrons. The first kappa shape index (κ1) is 30.3. The number of rotatable bonds is 9. The number of anilines is 1. The van der Waals surface area contributed by atoms with Gasteiger partial charge in [0.1, 0.15) is 10.3 Å². The molecule has 2 aromatic carbocycles. The van der Waals surface area contributed by atoms with E-state index in [0.717, 1.165) is 36.8 Å². The van der Waals surface area contributed by atoms with Gasteiger partial charge in [0.25, 0.3) is 0 Å². The number of hydrogen-bond donors (Lipinski definition) is 2. The van der Waals surface area contributed by atoms with Crippen molar-refractivity contribution in [1.29, 1.82) is 0 Å². The number of aromatic carboxylic acids is 1. The first-order valence-electron chi connectivity index (χ1n) is 14.9. The summed E-state index contributed by atoms with van der Waals surface area (Å²) < 4.78 is 28.1. The van der Waals surface area contributed by atoms with E-state index in [-0.39, 0.29) is 16.4 Å². The molecule has 6 rings (SSSR count). The summed E-state index contributed by atoms with van der Waals surface area (Å²) in [6, 6.07) is 17.0. The molecule has 2 aliphatic rings. The van der Waals surface area contributed by atoms with Gasteiger partial charge >= 0.3 is 5.97 Å². The van der Waals surface area contributed by atoms with Crippen LogP contribution in [0.5, 0.6) is 0 Å². The number of hydrogen-bond acceptors (Lipinski definition) is 8. The number of carbonyl (C=O) groups excluding carboxylic acids is 1. The molecule has 10 nitrogen and oxygen atoms in total. The Morgan fingerprint density at radius 2 is 1.64 bits per heavy atom. The molecule has 1 aliphatic carbocycles. The van der Waals surface area contributed by atoms with Gasteiger partial charge < -0.3 is 15.3 Å². The third kappa shape index (κ3) is 6.53. The highest BCUT2D eigenvalue weighted by atomic mass is 32.2. The number of aromatic nitrogens is 2. The Morgan fingerprint density at radius 3 is 2.30 bits per heavy atom. The molecule has 0 unspecified atom stereocenters. The zero-order valence-corrected chi connectivity index (χ0v) is 26.1. The lowest BCUT2D eigenvalue weighted by Crippen LogP contribution is -2.47. The van der Waals surface area contributed by atoms with Crippen LogP contribution in [0.3, 0.4) is 0 Å². The molecule has 0 bridgehead atoms. The van der Waals surface area contributed by atoms with Crippen LogP contribution in [0, 0.1) is 5.92 Å². The normalized spacial score (nSPS) is 17.6. The number of thiazole rings is 1. The van der Waals surface area contributed by atoms with E-state index in [9.17, 15) is 23.1 Å². The number of piperazine rings is 1. The van der Waals surface area contributed by atoms with E-state index in [1.165, 1.54) is 15.6 Å². The Kier molecular flexibility index (Phi) is 8.77. The van der Waals surface area contributed by atoms with Crippen molar-refractivity contribution >= 4 is 48.7 Å². The van der Waals surface area contributed by atoms with Crippen molar-refractivity contribution < 1.29 is 23.1 Å². The molecular weight excluding hydrogens is 599 g/mol. The maximum absolute atomic E-state index is 13.8. The van der Waals surface area contributed by atoms with Gasteiger partial charge in [-0.05, 0) is 61.3 Å². The minimum atomic E-state index is -3.60. The third-order valence-electron chi connectivity index (χ3n) is 8.66. The Balaban J connectivity index is 1.21. The second-order valence-corrected chi connectivity index (χ2v) is 14.5. The van der Waals surface area contributed by atoms with Crippen LogP contribution < -0.4 is 5.32 Å². The molecule has 2 N–H and O–H groups in total. The minimum Gasteiger partial charge on any atom is -0.478 e. The van der Waals surface area contributed by atoms with Gasteiger partial charge in [-0.2, -0.15) is 4.31 Å². The zero-order valence-electron chi connectivity index (χ0n) is 24.5. The first-order chi connectivity index (χ1) is 21.2. The van der Waals surface area contributed by atoms with E-state index in [0.29, 0.717) is 59.7 Å². The highest BCUT2D eigenvalue weighted by molar-refractivity contribution is 7.89. The fourth-order valence-electron chi connectivity index (χ4n) is 6.03. The number of nitrogens with zero attached hydrogens (tertiary/aromatic N) is 4. The number of fused-ring (bicyclic) bond motifs is 1. The van der Waals surface area contributed by atoms with Crippen molar-refractivity contribution in [3.05, 3.63) is 71.8 Å². The van der Waals surface area contributed by atoms with Crippen LogP contribution in [0.4, 0.5) is 5.13 Å². The molecule has 44 heavy (non-hydrogen) atoms. The quantitative estimate of drug-likeness (QED) is 0.254. The number of benzene rings is 2. The number of nitrogens with one attached hydrogen (secondary N) is 1. The van der Waals surface area contributed by atoms with Crippen LogP contribution in [0.25, 0.3) is 21.6 Å². The summed E-state index contributed by atoms with van der Waals surface area (Å²) in [5, 5.41) is 12.6. The summed E-state index contributed by atoms with van der Waals surface area (Å²) in [4.78, 5) is 37.3. The Hall–Kier alpha value is -3.71. The summed E-state index contributed by atoms with van der Waals surface area (Å²) in [5.41, 5.74) is 3.11. The van der Waals surface area contributed by atoms with Crippen molar-refractivity contribution in [3.63, 3.8) is 0 Å². The molecule has 2 aromatic heterocycles. The summed E-state index contributed by atoms with van der Waals surface area (Å²) in [7, 11) is -1.61. The van der Waals surface area contributed by atoms with Gasteiger partial charge in [0.05, 0.1) is 22.1 Å². The topological polar surface area (TPSA) is 133 Å². The lowest BCUT2D eigenvalue weighted by Gasteiger charge is -2.31. The van der Waals surface area contributed by atoms with Gasteiger partial charge in [-0.1, -0.05) is 61.3 Å². The fourth-order valence-corrected chi connectivity index (χ4v) is 8.29. The molecule has 0 spiro atoms. The van der Waals surface area contributed by atoms with E-state index in [4.69, 9.17) is 4.98 Å². The summed E-state index contributed by atoms with van der Waals surface area (Å²) in [6.07, 6.45) is 5.18. The molecule has 2 fully saturated rings. The standard InChI is InChI=1S/C32H35N5O5S2/c1-36-16-18-37(19-17-36)44(41,42)25-12-10-22(11-13-25)26(20-21-4-2-3-5-21)29(38)35-32-34-28-15-14-27(33-30(28)43-32)23-6-8-24(9-7-23)31(39)40/h6-15,21,26H,2-5,16-20H2,1H3,(H,39,40)(H,34,35,38)/t26-/m1/s1. The number of carbonyl (C=O) groups is 2. The van der Waals surface area contributed by atoms with Crippen molar-refractivity contribution in [2.45, 2.75) is 42.9 Å². The average Bonchev–Trinajstić information content (AvgIpc) is 3.69. The summed E-state index contributed by atoms with van der Waals surface area (Å²) in [6.45, 7) is 2.32. The second-order valence-electron chi connectivity index (χ2n) is 11.6. The van der Waals surface area contributed by atoms with Crippen molar-refractivity contribution in [2.24, 2.45) is 5.92 Å². The number of amides is 1. The van der Waals surface area contributed by atoms with Crippen molar-refractivity contribution in [3.8, 4) is 11.3 Å². The monoisotopic (exact) mass is 633 g/mol. The third-order valence-corrected chi connectivity index (χ3v) is 11.4. The molecular formula is C32H35N5O5S2. The number of carboxylic acid groups (broad SMARTS) is 1. The van der Waals surface area contributed by atoms with Gasteiger partial charge in [0.2, 0.25) is 15.9 Å². The smallest absolute Gasteiger partial charge is 0.335 e. The fraction of sp³-hybridized carbons (Fsp3) is 0.375. The van der Waals surface area contributed by atoms with Crippen LogP contribution in [-0.2, 0) is 14.8 Å². The highest BCUT2D eigenvalue weighted by Gasteiger charge is 2.30. The molecule has 1 atom stereocenters.